The van der Waals surface area contributed by atoms with Gasteiger partial charge in [-0.05, 0) is 6.42 Å². The topological polar surface area (TPSA) is 12.4 Å². The van der Waals surface area contributed by atoms with Gasteiger partial charge in [0.15, 0.2) is 0 Å². The van der Waals surface area contributed by atoms with Crippen LogP contribution in [0, 0.1) is 0 Å². The van der Waals surface area contributed by atoms with E-state index in [1.165, 1.54) is 4.91 Å². The Labute approximate surface area is 65.9 Å². The summed E-state index contributed by atoms with van der Waals surface area (Å²) in [4.78, 5) is 5.42. The van der Waals surface area contributed by atoms with E-state index in [1.807, 2.05) is 5.55 Å². The summed E-state index contributed by atoms with van der Waals surface area (Å²) < 4.78 is 0. The first-order valence-electron chi connectivity index (χ1n) is 3.44. The van der Waals surface area contributed by atoms with Crippen molar-refractivity contribution < 1.29 is 0 Å². The molecular weight excluding hydrogens is 142 g/mol. The molecule has 0 saturated carbocycles. The lowest BCUT2D eigenvalue weighted by Gasteiger charge is -1.86. The number of allylic oxidation sites excluding steroid dienone is 3. The number of hydrogen-bond donors (Lipinski definition) is 0. The molecule has 0 aromatic rings. The van der Waals surface area contributed by atoms with Crippen molar-refractivity contribution in [2.75, 3.05) is 6.54 Å². The Morgan fingerprint density at radius 2 is 2.70 bits per heavy atom. The average Bonchev–Trinajstić information content (AvgIpc) is 2.41. The molecule has 0 spiro atoms. The number of thioether (sulfide) groups is 1. The van der Waals surface area contributed by atoms with Crippen LogP contribution in [0.4, 0.5) is 0 Å². The van der Waals surface area contributed by atoms with Crippen molar-refractivity contribution in [3.63, 3.8) is 0 Å². The third kappa shape index (κ3) is 2.40. The lowest BCUT2D eigenvalue weighted by Crippen LogP contribution is -1.71. The van der Waals surface area contributed by atoms with Crippen LogP contribution in [0.3, 0.4) is 0 Å². The minimum absolute atomic E-state index is 0.874. The molecule has 10 heavy (non-hydrogen) atoms. The Morgan fingerprint density at radius 1 is 1.80 bits per heavy atom. The fraction of sp³-hybridized carbons (Fsp3) is 0.375. The first-order chi connectivity index (χ1) is 4.93. The van der Waals surface area contributed by atoms with Gasteiger partial charge in [0.1, 0.15) is 0 Å². The van der Waals surface area contributed by atoms with Crippen molar-refractivity contribution in [3.8, 4) is 0 Å². The minimum Gasteiger partial charge on any atom is -0.281 e. The van der Waals surface area contributed by atoms with E-state index in [0.29, 0.717) is 0 Å². The van der Waals surface area contributed by atoms with Crippen molar-refractivity contribution in [2.24, 2.45) is 4.99 Å². The van der Waals surface area contributed by atoms with E-state index < -0.39 is 0 Å². The highest BCUT2D eigenvalue weighted by Crippen LogP contribution is 2.18. The van der Waals surface area contributed by atoms with Gasteiger partial charge >= 0.3 is 0 Å². The first-order valence-corrected chi connectivity index (χ1v) is 4.32. The molecule has 0 radical (unpaired) electrons. The normalized spacial score (nSPS) is 21.5. The average molecular weight is 153 g/mol. The number of nitrogens with zero attached hydrogens (tertiary/aromatic N) is 1. The van der Waals surface area contributed by atoms with Crippen LogP contribution < -0.4 is 0 Å². The van der Waals surface area contributed by atoms with Gasteiger partial charge in [-0.3, -0.25) is 4.99 Å². The van der Waals surface area contributed by atoms with E-state index in [2.05, 4.69) is 30.1 Å². The van der Waals surface area contributed by atoms with Gasteiger partial charge in [-0.25, -0.2) is 0 Å². The lowest BCUT2D eigenvalue weighted by atomic mass is 10.4. The second-order valence-corrected chi connectivity index (χ2v) is 3.00. The standard InChI is InChI=1S/C8H11NS/c1-2-3-4-5-8-6-9-7-10-8/h3-5,7H,2,6H2,1H3. The maximum Gasteiger partial charge on any atom is 0.0708 e. The van der Waals surface area contributed by atoms with Crippen molar-refractivity contribution in [1.29, 1.82) is 0 Å². The van der Waals surface area contributed by atoms with Crippen molar-refractivity contribution in [2.45, 2.75) is 13.3 Å². The molecule has 1 heterocycles. The van der Waals surface area contributed by atoms with Crippen LogP contribution >= 0.6 is 11.8 Å². The van der Waals surface area contributed by atoms with Gasteiger partial charge in [-0.1, -0.05) is 36.9 Å². The summed E-state index contributed by atoms with van der Waals surface area (Å²) in [5, 5.41) is 0. The Kier molecular flexibility index (Phi) is 3.30. The summed E-state index contributed by atoms with van der Waals surface area (Å²) in [6, 6.07) is 0. The highest BCUT2D eigenvalue weighted by molar-refractivity contribution is 8.15. The fourth-order valence-corrected chi connectivity index (χ4v) is 1.26. The molecule has 0 fully saturated rings. The highest BCUT2D eigenvalue weighted by atomic mass is 32.2. The van der Waals surface area contributed by atoms with Gasteiger partial charge in [0.25, 0.3) is 0 Å². The monoisotopic (exact) mass is 153 g/mol. The molecule has 0 aromatic heterocycles. The van der Waals surface area contributed by atoms with E-state index in [9.17, 15) is 0 Å². The van der Waals surface area contributed by atoms with Gasteiger partial charge in [-0.15, -0.1) is 0 Å². The molecule has 1 aliphatic heterocycles. The smallest absolute Gasteiger partial charge is 0.0708 e. The number of hydrogen-bond acceptors (Lipinski definition) is 2. The molecule has 1 nitrogen and oxygen atoms in total. The summed E-state index contributed by atoms with van der Waals surface area (Å²) in [5.74, 6) is 0. The Balaban J connectivity index is 2.33. The second-order valence-electron chi connectivity index (χ2n) is 2.03. The maximum atomic E-state index is 4.08. The molecule has 54 valence electrons. The zero-order chi connectivity index (χ0) is 7.23. The lowest BCUT2D eigenvalue weighted by molar-refractivity contribution is 1.22. The van der Waals surface area contributed by atoms with Crippen molar-refractivity contribution >= 4 is 17.3 Å². The molecule has 1 rings (SSSR count). The summed E-state index contributed by atoms with van der Waals surface area (Å²) in [5.41, 5.74) is 1.89. The van der Waals surface area contributed by atoms with Crippen LogP contribution in [0.5, 0.6) is 0 Å². The molecule has 0 amide bonds. The van der Waals surface area contributed by atoms with Crippen LogP contribution in [0.1, 0.15) is 13.3 Å². The van der Waals surface area contributed by atoms with E-state index in [4.69, 9.17) is 0 Å². The molecule has 0 aliphatic carbocycles. The van der Waals surface area contributed by atoms with Crippen molar-refractivity contribution in [1.82, 2.24) is 0 Å². The van der Waals surface area contributed by atoms with Crippen LogP contribution in [0.15, 0.2) is 28.1 Å². The zero-order valence-electron chi connectivity index (χ0n) is 6.08. The summed E-state index contributed by atoms with van der Waals surface area (Å²) in [7, 11) is 0. The fourth-order valence-electron chi connectivity index (χ4n) is 0.673. The molecule has 0 bridgehead atoms. The third-order valence-corrected chi connectivity index (χ3v) is 2.00. The molecule has 0 atom stereocenters. The first kappa shape index (κ1) is 7.61. The Morgan fingerprint density at radius 3 is 3.30 bits per heavy atom. The van der Waals surface area contributed by atoms with E-state index in [1.54, 1.807) is 11.8 Å². The van der Waals surface area contributed by atoms with Gasteiger partial charge in [0, 0.05) is 4.91 Å². The summed E-state index contributed by atoms with van der Waals surface area (Å²) in [6.45, 7) is 3.01. The molecular formula is C8H11NS. The Hall–Kier alpha value is -0.500. The largest absolute Gasteiger partial charge is 0.281 e. The third-order valence-electron chi connectivity index (χ3n) is 1.18. The van der Waals surface area contributed by atoms with E-state index in [0.717, 1.165) is 13.0 Å². The summed E-state index contributed by atoms with van der Waals surface area (Å²) in [6.07, 6.45) is 7.47. The molecule has 0 N–H and O–H groups in total. The SMILES string of the molecule is CCC=CC=C1CN=CS1. The molecule has 2 heteroatoms. The molecule has 0 saturated heterocycles. The van der Waals surface area contributed by atoms with Gasteiger partial charge < -0.3 is 0 Å². The molecule has 0 aromatic carbocycles. The molecule has 0 unspecified atom stereocenters. The second kappa shape index (κ2) is 4.34. The van der Waals surface area contributed by atoms with Gasteiger partial charge in [0.2, 0.25) is 0 Å². The highest BCUT2D eigenvalue weighted by Gasteiger charge is 1.98. The Bertz CT molecular complexity index is 170. The number of rotatable bonds is 2. The van der Waals surface area contributed by atoms with E-state index in [-0.39, 0.29) is 0 Å². The van der Waals surface area contributed by atoms with Crippen LogP contribution in [0.25, 0.3) is 0 Å². The predicted molar refractivity (Wildman–Crippen MR) is 48.5 cm³/mol. The van der Waals surface area contributed by atoms with Crippen molar-refractivity contribution in [3.05, 3.63) is 23.1 Å². The number of aliphatic imine (C=N–C) groups is 1. The maximum absolute atomic E-state index is 4.08. The molecule has 1 aliphatic rings. The van der Waals surface area contributed by atoms with E-state index >= 15 is 0 Å². The summed E-state index contributed by atoms with van der Waals surface area (Å²) >= 11 is 1.71. The zero-order valence-corrected chi connectivity index (χ0v) is 6.90. The minimum atomic E-state index is 0.874. The predicted octanol–water partition coefficient (Wildman–Crippen LogP) is 2.61. The van der Waals surface area contributed by atoms with Crippen LogP contribution in [-0.2, 0) is 0 Å². The quantitative estimate of drug-likeness (QED) is 0.594. The van der Waals surface area contributed by atoms with Gasteiger partial charge in [-0.2, -0.15) is 0 Å². The van der Waals surface area contributed by atoms with Gasteiger partial charge in [0.05, 0.1) is 12.1 Å². The van der Waals surface area contributed by atoms with Crippen LogP contribution in [0.2, 0.25) is 0 Å². The van der Waals surface area contributed by atoms with Crippen LogP contribution in [-0.4, -0.2) is 12.1 Å².